The highest BCUT2D eigenvalue weighted by molar-refractivity contribution is 5.88. The van der Waals surface area contributed by atoms with Crippen molar-refractivity contribution in [2.75, 3.05) is 20.8 Å². The van der Waals surface area contributed by atoms with E-state index in [2.05, 4.69) is 0 Å². The van der Waals surface area contributed by atoms with Crippen molar-refractivity contribution in [1.29, 1.82) is 0 Å². The van der Waals surface area contributed by atoms with Crippen LogP contribution in [0.25, 0.3) is 11.0 Å². The number of hydrogen-bond donors (Lipinski definition) is 1. The first-order valence-electron chi connectivity index (χ1n) is 9.39. The Kier molecular flexibility index (Phi) is 5.33. The molecule has 0 saturated carbocycles. The molecule has 2 unspecified atom stereocenters. The molecule has 0 fully saturated rings. The van der Waals surface area contributed by atoms with Crippen molar-refractivity contribution in [2.24, 2.45) is 0 Å². The molecule has 31 heavy (non-hydrogen) atoms. The molecule has 0 amide bonds. The van der Waals surface area contributed by atoms with Crippen LogP contribution in [0.4, 0.5) is 0 Å². The van der Waals surface area contributed by atoms with Crippen LogP contribution in [-0.4, -0.2) is 38.0 Å². The lowest BCUT2D eigenvalue weighted by Crippen LogP contribution is -2.37. The van der Waals surface area contributed by atoms with E-state index in [1.165, 1.54) is 33.3 Å². The van der Waals surface area contributed by atoms with Gasteiger partial charge >= 0.3 is 11.6 Å². The molecule has 2 aromatic carbocycles. The molecule has 4 rings (SSSR count). The normalized spacial score (nSPS) is 17.3. The van der Waals surface area contributed by atoms with Crippen LogP contribution in [0.3, 0.4) is 0 Å². The summed E-state index contributed by atoms with van der Waals surface area (Å²) in [6.07, 6.45) is -1.53. The lowest BCUT2D eigenvalue weighted by molar-refractivity contribution is -0.145. The summed E-state index contributed by atoms with van der Waals surface area (Å²) < 4.78 is 33.5. The Hall–Kier alpha value is -3.88. The van der Waals surface area contributed by atoms with Gasteiger partial charge in [-0.25, -0.2) is 4.79 Å². The molecular weight excluding hydrogens is 408 g/mol. The summed E-state index contributed by atoms with van der Waals surface area (Å²) in [5.74, 6) is 0.490. The molecule has 162 valence electrons. The number of methoxy groups -OCH3 is 2. The lowest BCUT2D eigenvalue weighted by Gasteiger charge is -2.34. The zero-order valence-electron chi connectivity index (χ0n) is 17.0. The first-order chi connectivity index (χ1) is 14.9. The molecule has 2 heterocycles. The van der Waals surface area contributed by atoms with Crippen molar-refractivity contribution >= 4 is 16.9 Å². The van der Waals surface area contributed by atoms with E-state index in [0.29, 0.717) is 16.7 Å². The second-order valence-corrected chi connectivity index (χ2v) is 6.84. The van der Waals surface area contributed by atoms with E-state index in [4.69, 9.17) is 28.1 Å². The van der Waals surface area contributed by atoms with Crippen LogP contribution < -0.4 is 24.6 Å². The fraction of sp³-hybridized carbons (Fsp3) is 0.273. The third-order valence-electron chi connectivity index (χ3n) is 4.84. The van der Waals surface area contributed by atoms with Gasteiger partial charge in [-0.3, -0.25) is 4.79 Å². The first-order valence-corrected chi connectivity index (χ1v) is 9.39. The largest absolute Gasteiger partial charge is 0.504 e. The summed E-state index contributed by atoms with van der Waals surface area (Å²) in [6, 6.07) is 9.23. The number of benzene rings is 2. The maximum absolute atomic E-state index is 11.8. The minimum absolute atomic E-state index is 0.0435. The third kappa shape index (κ3) is 3.81. The van der Waals surface area contributed by atoms with Gasteiger partial charge in [0.1, 0.15) is 6.61 Å². The number of rotatable bonds is 5. The highest BCUT2D eigenvalue weighted by atomic mass is 16.6. The monoisotopic (exact) mass is 428 g/mol. The number of ether oxygens (including phenoxy) is 5. The zero-order chi connectivity index (χ0) is 22.1. The van der Waals surface area contributed by atoms with Crippen LogP contribution in [0.15, 0.2) is 45.6 Å². The zero-order valence-corrected chi connectivity index (χ0v) is 17.0. The summed E-state index contributed by atoms with van der Waals surface area (Å²) in [7, 11) is 2.90. The van der Waals surface area contributed by atoms with Gasteiger partial charge in [0.05, 0.1) is 14.2 Å². The molecule has 1 aromatic heterocycles. The van der Waals surface area contributed by atoms with E-state index >= 15 is 0 Å². The predicted octanol–water partition coefficient (Wildman–Crippen LogP) is 2.96. The molecule has 0 saturated heterocycles. The topological polar surface area (TPSA) is 114 Å². The van der Waals surface area contributed by atoms with Gasteiger partial charge in [-0.15, -0.1) is 0 Å². The number of aromatic hydroxyl groups is 1. The molecule has 0 radical (unpaired) electrons. The molecule has 1 aliphatic rings. The van der Waals surface area contributed by atoms with Gasteiger partial charge in [-0.2, -0.15) is 0 Å². The van der Waals surface area contributed by atoms with Gasteiger partial charge in [0, 0.05) is 23.9 Å². The van der Waals surface area contributed by atoms with Crippen LogP contribution in [0, 0.1) is 0 Å². The Balaban J connectivity index is 1.87. The maximum Gasteiger partial charge on any atom is 0.336 e. The number of phenols is 1. The van der Waals surface area contributed by atoms with Gasteiger partial charge in [0.15, 0.2) is 35.0 Å². The SMILES string of the molecule is COc1cc(C2Oc3c(c(OC)cc4ccc(=O)oc34)OC2COC(C)=O)ccc1O. The van der Waals surface area contributed by atoms with Crippen molar-refractivity contribution in [2.45, 2.75) is 19.1 Å². The van der Waals surface area contributed by atoms with E-state index in [9.17, 15) is 14.7 Å². The summed E-state index contributed by atoms with van der Waals surface area (Å²) in [5, 5.41) is 10.5. The number of fused-ring (bicyclic) bond motifs is 3. The number of phenolic OH excluding ortho intramolecular Hbond substituents is 1. The Morgan fingerprint density at radius 3 is 2.52 bits per heavy atom. The minimum atomic E-state index is -0.776. The third-order valence-corrected chi connectivity index (χ3v) is 4.84. The van der Waals surface area contributed by atoms with Crippen molar-refractivity contribution in [3.63, 3.8) is 0 Å². The van der Waals surface area contributed by atoms with Crippen LogP contribution in [-0.2, 0) is 9.53 Å². The summed E-state index contributed by atoms with van der Waals surface area (Å²) in [6.45, 7) is 1.18. The standard InChI is InChI=1S/C22H20O9/c1-11(23)28-10-17-19(12-4-6-14(24)15(8-12)26-2)31-22-20-13(5-7-18(25)30-20)9-16(27-3)21(22)29-17/h4-9,17,19,24H,10H2,1-3H3. The predicted molar refractivity (Wildman–Crippen MR) is 108 cm³/mol. The van der Waals surface area contributed by atoms with E-state index in [-0.39, 0.29) is 35.2 Å². The summed E-state index contributed by atoms with van der Waals surface area (Å²) in [5.41, 5.74) is 0.241. The molecule has 1 aliphatic heterocycles. The average Bonchev–Trinajstić information content (AvgIpc) is 2.77. The molecule has 3 aromatic rings. The first kappa shape index (κ1) is 20.4. The van der Waals surface area contributed by atoms with Crippen molar-refractivity contribution in [3.8, 4) is 28.7 Å². The van der Waals surface area contributed by atoms with Crippen LogP contribution >= 0.6 is 0 Å². The molecule has 0 spiro atoms. The fourth-order valence-corrected chi connectivity index (χ4v) is 3.40. The Labute approximate surface area is 176 Å². The van der Waals surface area contributed by atoms with E-state index in [1.807, 2.05) is 0 Å². The Morgan fingerprint density at radius 1 is 1.03 bits per heavy atom. The smallest absolute Gasteiger partial charge is 0.336 e. The summed E-state index contributed by atoms with van der Waals surface area (Å²) >= 11 is 0. The molecule has 0 bridgehead atoms. The van der Waals surface area contributed by atoms with E-state index in [0.717, 1.165) is 0 Å². The molecule has 0 aliphatic carbocycles. The second-order valence-electron chi connectivity index (χ2n) is 6.84. The van der Waals surface area contributed by atoms with Gasteiger partial charge < -0.3 is 33.2 Å². The number of esters is 1. The van der Waals surface area contributed by atoms with Gasteiger partial charge in [0.25, 0.3) is 0 Å². The van der Waals surface area contributed by atoms with E-state index < -0.39 is 23.8 Å². The van der Waals surface area contributed by atoms with Crippen LogP contribution in [0.5, 0.6) is 28.7 Å². The van der Waals surface area contributed by atoms with Crippen molar-refractivity contribution in [3.05, 3.63) is 52.4 Å². The van der Waals surface area contributed by atoms with Crippen LogP contribution in [0.2, 0.25) is 0 Å². The average molecular weight is 428 g/mol. The van der Waals surface area contributed by atoms with Crippen molar-refractivity contribution in [1.82, 2.24) is 0 Å². The van der Waals surface area contributed by atoms with Crippen LogP contribution in [0.1, 0.15) is 18.6 Å². The van der Waals surface area contributed by atoms with Gasteiger partial charge in [-0.1, -0.05) is 6.07 Å². The highest BCUT2D eigenvalue weighted by Crippen LogP contribution is 2.50. The molecule has 9 nitrogen and oxygen atoms in total. The highest BCUT2D eigenvalue weighted by Gasteiger charge is 2.38. The number of carbonyl (C=O) groups is 1. The van der Waals surface area contributed by atoms with Gasteiger partial charge in [0.2, 0.25) is 11.5 Å². The van der Waals surface area contributed by atoms with Gasteiger partial charge in [-0.05, 0) is 24.3 Å². The summed E-state index contributed by atoms with van der Waals surface area (Å²) in [4.78, 5) is 23.3. The quantitative estimate of drug-likeness (QED) is 0.484. The lowest BCUT2D eigenvalue weighted by atomic mass is 10.0. The minimum Gasteiger partial charge on any atom is -0.504 e. The second kappa shape index (κ2) is 8.10. The number of hydrogen-bond acceptors (Lipinski definition) is 9. The van der Waals surface area contributed by atoms with Crippen molar-refractivity contribution < 1.29 is 38.0 Å². The van der Waals surface area contributed by atoms with E-state index in [1.54, 1.807) is 24.3 Å². The number of carbonyl (C=O) groups excluding carboxylic acids is 1. The molecule has 2 atom stereocenters. The Morgan fingerprint density at radius 2 is 1.81 bits per heavy atom. The Bertz CT molecular complexity index is 1200. The molecular formula is C22H20O9. The molecule has 1 N–H and O–H groups in total. The maximum atomic E-state index is 11.8. The molecule has 9 heteroatoms. The fourth-order valence-electron chi connectivity index (χ4n) is 3.40.